The van der Waals surface area contributed by atoms with Gasteiger partial charge in [-0.05, 0) is 55.2 Å². The zero-order valence-corrected chi connectivity index (χ0v) is 19.6. The Morgan fingerprint density at radius 3 is 2.36 bits per heavy atom. The number of anilines is 1. The number of carbonyl (C=O) groups is 2. The van der Waals surface area contributed by atoms with Gasteiger partial charge in [-0.15, -0.1) is 0 Å². The molecule has 0 radical (unpaired) electrons. The summed E-state index contributed by atoms with van der Waals surface area (Å²) >= 11 is 0. The molecule has 0 spiro atoms. The quantitative estimate of drug-likeness (QED) is 0.620. The summed E-state index contributed by atoms with van der Waals surface area (Å²) in [4.78, 5) is 25.8. The van der Waals surface area contributed by atoms with Gasteiger partial charge in [0, 0.05) is 32.1 Å². The van der Waals surface area contributed by atoms with Gasteiger partial charge in [-0.1, -0.05) is 6.92 Å². The third kappa shape index (κ3) is 5.31. The predicted octanol–water partition coefficient (Wildman–Crippen LogP) is 2.11. The fourth-order valence-electron chi connectivity index (χ4n) is 5.29. The molecule has 7 nitrogen and oxygen atoms in total. The smallest absolute Gasteiger partial charge is 0.227 e. The van der Waals surface area contributed by atoms with E-state index in [0.717, 1.165) is 6.42 Å². The lowest BCUT2D eigenvalue weighted by atomic mass is 9.85. The number of hydrogen-bond acceptors (Lipinski definition) is 5. The normalized spacial score (nSPS) is 25.5. The number of benzene rings is 1. The molecule has 2 atom stereocenters. The average Bonchev–Trinajstić information content (AvgIpc) is 3.11. The lowest BCUT2D eigenvalue weighted by Gasteiger charge is -2.40. The number of amides is 2. The Hall–Kier alpha value is -2.23. The molecule has 0 saturated carbocycles. The van der Waals surface area contributed by atoms with Crippen molar-refractivity contribution < 1.29 is 26.8 Å². The van der Waals surface area contributed by atoms with Crippen LogP contribution in [0.4, 0.5) is 14.5 Å². The number of hydrogen-bond donors (Lipinski definition) is 2. The largest absolute Gasteiger partial charge is 0.367 e. The van der Waals surface area contributed by atoms with E-state index in [1.54, 1.807) is 4.90 Å². The van der Waals surface area contributed by atoms with Gasteiger partial charge in [0.05, 0.1) is 17.4 Å². The number of carbonyl (C=O) groups excluding carboxylic acids is 2. The SMILES string of the molecule is CCCC(=O)NCC1C[C@@H](c2cc(F)c(N3CCC(C4CS(=O)(=O)C4)CC3)c(F)c2)C(=O)N1. The van der Waals surface area contributed by atoms with Crippen LogP contribution in [0.3, 0.4) is 0 Å². The van der Waals surface area contributed by atoms with Crippen molar-refractivity contribution in [3.8, 4) is 0 Å². The summed E-state index contributed by atoms with van der Waals surface area (Å²) < 4.78 is 52.9. The van der Waals surface area contributed by atoms with Crippen LogP contribution in [0, 0.1) is 23.5 Å². The van der Waals surface area contributed by atoms with Gasteiger partial charge in [0.25, 0.3) is 0 Å². The molecule has 3 fully saturated rings. The van der Waals surface area contributed by atoms with E-state index in [9.17, 15) is 26.8 Å². The molecule has 4 rings (SSSR count). The summed E-state index contributed by atoms with van der Waals surface area (Å²) in [7, 11) is -2.88. The van der Waals surface area contributed by atoms with Gasteiger partial charge < -0.3 is 15.5 Å². The Labute approximate surface area is 193 Å². The molecule has 0 aromatic heterocycles. The first kappa shape index (κ1) is 23.9. The first-order valence-electron chi connectivity index (χ1n) is 11.7. The van der Waals surface area contributed by atoms with Crippen LogP contribution < -0.4 is 15.5 Å². The highest BCUT2D eigenvalue weighted by Crippen LogP contribution is 2.37. The molecular weight excluding hydrogens is 452 g/mol. The lowest BCUT2D eigenvalue weighted by Crippen LogP contribution is -2.46. The Bertz CT molecular complexity index is 990. The van der Waals surface area contributed by atoms with E-state index in [2.05, 4.69) is 10.6 Å². The van der Waals surface area contributed by atoms with E-state index >= 15 is 0 Å². The third-order valence-corrected chi connectivity index (χ3v) is 8.98. The van der Waals surface area contributed by atoms with Gasteiger partial charge in [-0.25, -0.2) is 17.2 Å². The zero-order valence-electron chi connectivity index (χ0n) is 18.8. The Morgan fingerprint density at radius 2 is 1.79 bits per heavy atom. The standard InChI is InChI=1S/C23H31F2N3O4S/c1-2-3-21(29)26-11-17-10-18(23(30)27-17)15-8-19(24)22(20(25)9-15)28-6-4-14(5-7-28)16-12-33(31,32)13-16/h8-9,14,16-18H,2-7,10-13H2,1H3,(H,26,29)(H,27,30)/t17?,18-/m0/s1. The van der Waals surface area contributed by atoms with Gasteiger partial charge in [0.2, 0.25) is 11.8 Å². The topological polar surface area (TPSA) is 95.6 Å². The minimum Gasteiger partial charge on any atom is -0.367 e. The van der Waals surface area contributed by atoms with Crippen molar-refractivity contribution in [2.24, 2.45) is 11.8 Å². The maximum Gasteiger partial charge on any atom is 0.227 e. The van der Waals surface area contributed by atoms with Crippen molar-refractivity contribution in [2.75, 3.05) is 36.0 Å². The van der Waals surface area contributed by atoms with Crippen LogP contribution in [0.2, 0.25) is 0 Å². The first-order chi connectivity index (χ1) is 15.7. The van der Waals surface area contributed by atoms with Crippen molar-refractivity contribution in [3.63, 3.8) is 0 Å². The molecular formula is C23H31F2N3O4S. The minimum absolute atomic E-state index is 0.0831. The van der Waals surface area contributed by atoms with Crippen LogP contribution in [-0.2, 0) is 19.4 Å². The molecule has 3 aliphatic heterocycles. The summed E-state index contributed by atoms with van der Waals surface area (Å²) in [6.07, 6.45) is 2.92. The third-order valence-electron chi connectivity index (χ3n) is 7.11. The maximum absolute atomic E-state index is 15.0. The lowest BCUT2D eigenvalue weighted by molar-refractivity contribution is -0.122. The fraction of sp³-hybridized carbons (Fsp3) is 0.652. The summed E-state index contributed by atoms with van der Waals surface area (Å²) in [5.74, 6) is -1.55. The highest BCUT2D eigenvalue weighted by Gasteiger charge is 2.40. The molecule has 182 valence electrons. The van der Waals surface area contributed by atoms with E-state index in [1.807, 2.05) is 6.92 Å². The van der Waals surface area contributed by atoms with Crippen molar-refractivity contribution in [3.05, 3.63) is 29.3 Å². The molecule has 10 heteroatoms. The summed E-state index contributed by atoms with van der Waals surface area (Å²) in [5, 5.41) is 5.57. The Kier molecular flexibility index (Phi) is 6.93. The van der Waals surface area contributed by atoms with Crippen LogP contribution in [0.25, 0.3) is 0 Å². The number of rotatable bonds is 7. The van der Waals surface area contributed by atoms with E-state index in [1.165, 1.54) is 12.1 Å². The van der Waals surface area contributed by atoms with Gasteiger partial charge in [-0.3, -0.25) is 9.59 Å². The summed E-state index contributed by atoms with van der Waals surface area (Å²) in [6.45, 7) is 3.14. The van der Waals surface area contributed by atoms with Crippen LogP contribution in [0.15, 0.2) is 12.1 Å². The predicted molar refractivity (Wildman–Crippen MR) is 121 cm³/mol. The Balaban J connectivity index is 1.37. The minimum atomic E-state index is -2.88. The van der Waals surface area contributed by atoms with Gasteiger partial charge in [0.15, 0.2) is 9.84 Å². The van der Waals surface area contributed by atoms with Gasteiger partial charge >= 0.3 is 0 Å². The second kappa shape index (κ2) is 9.56. The second-order valence-corrected chi connectivity index (χ2v) is 11.7. The average molecular weight is 484 g/mol. The van der Waals surface area contributed by atoms with Crippen molar-refractivity contribution in [1.82, 2.24) is 10.6 Å². The molecule has 3 heterocycles. The zero-order chi connectivity index (χ0) is 23.8. The van der Waals surface area contributed by atoms with Crippen LogP contribution >= 0.6 is 0 Å². The molecule has 2 N–H and O–H groups in total. The van der Waals surface area contributed by atoms with E-state index in [-0.39, 0.29) is 46.9 Å². The molecule has 1 aromatic rings. The fourth-order valence-corrected chi connectivity index (χ4v) is 7.04. The maximum atomic E-state index is 15.0. The van der Waals surface area contributed by atoms with E-state index < -0.39 is 27.4 Å². The highest BCUT2D eigenvalue weighted by atomic mass is 32.2. The molecule has 2 amide bonds. The number of nitrogens with one attached hydrogen (secondary N) is 2. The number of sulfone groups is 1. The van der Waals surface area contributed by atoms with E-state index in [0.29, 0.717) is 50.9 Å². The Morgan fingerprint density at radius 1 is 1.15 bits per heavy atom. The number of halogens is 2. The van der Waals surface area contributed by atoms with E-state index in [4.69, 9.17) is 0 Å². The van der Waals surface area contributed by atoms with Crippen molar-refractivity contribution in [2.45, 2.75) is 51.0 Å². The molecule has 0 bridgehead atoms. The van der Waals surface area contributed by atoms with Crippen LogP contribution in [0.1, 0.15) is 50.5 Å². The summed E-state index contributed by atoms with van der Waals surface area (Å²) in [5.41, 5.74) is 0.211. The van der Waals surface area contributed by atoms with Gasteiger partial charge in [-0.2, -0.15) is 0 Å². The number of piperidine rings is 1. The molecule has 3 saturated heterocycles. The molecule has 1 unspecified atom stereocenters. The molecule has 3 aliphatic rings. The van der Waals surface area contributed by atoms with Crippen molar-refractivity contribution >= 4 is 27.3 Å². The van der Waals surface area contributed by atoms with Gasteiger partial charge in [0.1, 0.15) is 17.3 Å². The molecule has 1 aromatic carbocycles. The van der Waals surface area contributed by atoms with Crippen molar-refractivity contribution in [1.29, 1.82) is 0 Å². The second-order valence-electron chi connectivity index (χ2n) is 9.54. The molecule has 33 heavy (non-hydrogen) atoms. The first-order valence-corrected chi connectivity index (χ1v) is 13.5. The molecule has 0 aliphatic carbocycles. The van der Waals surface area contributed by atoms with Crippen LogP contribution in [-0.4, -0.2) is 57.4 Å². The monoisotopic (exact) mass is 483 g/mol. The summed E-state index contributed by atoms with van der Waals surface area (Å²) in [6, 6.07) is 2.21. The number of nitrogens with zero attached hydrogens (tertiary/aromatic N) is 1. The highest BCUT2D eigenvalue weighted by molar-refractivity contribution is 7.92. The van der Waals surface area contributed by atoms with Crippen LogP contribution in [0.5, 0.6) is 0 Å².